The average molecular weight is 307 g/mol. The van der Waals surface area contributed by atoms with Gasteiger partial charge in [-0.3, -0.25) is 0 Å². The molecule has 0 aliphatic carbocycles. The van der Waals surface area contributed by atoms with Crippen molar-refractivity contribution >= 4 is 11.8 Å². The molecule has 0 amide bonds. The van der Waals surface area contributed by atoms with Crippen LogP contribution in [-0.4, -0.2) is 12.3 Å². The number of hydrogen-bond acceptors (Lipinski definition) is 2. The van der Waals surface area contributed by atoms with Gasteiger partial charge in [-0.2, -0.15) is 0 Å². The van der Waals surface area contributed by atoms with Crippen LogP contribution in [0.2, 0.25) is 0 Å². The molecule has 0 fully saturated rings. The standard InChI is InChI=1S/C17H19F2NS/c1-3-20-17(14-7-5-4-6-12(14)2)11-21-13-8-9-15(18)16(19)10-13/h4-10,17,20H,3,11H2,1-2H3. The van der Waals surface area contributed by atoms with E-state index >= 15 is 0 Å². The van der Waals surface area contributed by atoms with Gasteiger partial charge in [0.1, 0.15) is 0 Å². The first-order chi connectivity index (χ1) is 10.1. The number of benzene rings is 2. The predicted octanol–water partition coefficient (Wildman–Crippen LogP) is 4.72. The predicted molar refractivity (Wildman–Crippen MR) is 84.7 cm³/mol. The Kier molecular flexibility index (Phi) is 5.76. The quantitative estimate of drug-likeness (QED) is 0.775. The third kappa shape index (κ3) is 4.29. The van der Waals surface area contributed by atoms with Crippen molar-refractivity contribution in [2.45, 2.75) is 24.8 Å². The Morgan fingerprint density at radius 1 is 1.10 bits per heavy atom. The number of thioether (sulfide) groups is 1. The molecular formula is C17H19F2NS. The molecule has 0 saturated carbocycles. The molecule has 0 bridgehead atoms. The molecule has 0 heterocycles. The minimum absolute atomic E-state index is 0.189. The summed E-state index contributed by atoms with van der Waals surface area (Å²) in [5.41, 5.74) is 2.48. The van der Waals surface area contributed by atoms with Crippen molar-refractivity contribution in [2.75, 3.05) is 12.3 Å². The maximum atomic E-state index is 13.2. The molecule has 2 aromatic carbocycles. The molecule has 1 atom stereocenters. The zero-order valence-corrected chi connectivity index (χ0v) is 13.0. The lowest BCUT2D eigenvalue weighted by atomic mass is 10.0. The summed E-state index contributed by atoms with van der Waals surface area (Å²) in [6.07, 6.45) is 0. The summed E-state index contributed by atoms with van der Waals surface area (Å²) >= 11 is 1.53. The molecule has 0 saturated heterocycles. The number of nitrogens with one attached hydrogen (secondary N) is 1. The Bertz CT molecular complexity index is 601. The molecule has 1 unspecified atom stereocenters. The minimum atomic E-state index is -0.804. The van der Waals surface area contributed by atoms with Crippen molar-refractivity contribution < 1.29 is 8.78 Å². The van der Waals surface area contributed by atoms with E-state index in [2.05, 4.69) is 31.3 Å². The zero-order valence-electron chi connectivity index (χ0n) is 12.2. The van der Waals surface area contributed by atoms with E-state index in [-0.39, 0.29) is 6.04 Å². The molecule has 0 radical (unpaired) electrons. The lowest BCUT2D eigenvalue weighted by molar-refractivity contribution is 0.506. The fourth-order valence-electron chi connectivity index (χ4n) is 2.23. The van der Waals surface area contributed by atoms with Crippen molar-refractivity contribution in [1.82, 2.24) is 5.32 Å². The molecule has 0 aliphatic heterocycles. The Labute approximate surface area is 128 Å². The number of rotatable bonds is 6. The molecule has 2 aromatic rings. The van der Waals surface area contributed by atoms with E-state index in [0.717, 1.165) is 17.2 Å². The van der Waals surface area contributed by atoms with Crippen molar-refractivity contribution in [3.05, 3.63) is 65.2 Å². The Morgan fingerprint density at radius 2 is 1.86 bits per heavy atom. The van der Waals surface area contributed by atoms with Crippen molar-refractivity contribution in [3.8, 4) is 0 Å². The molecular weight excluding hydrogens is 288 g/mol. The third-order valence-corrected chi connectivity index (χ3v) is 4.41. The summed E-state index contributed by atoms with van der Waals surface area (Å²) in [6.45, 7) is 5.01. The average Bonchev–Trinajstić information content (AvgIpc) is 2.48. The van der Waals surface area contributed by atoms with E-state index in [1.165, 1.54) is 35.0 Å². The Morgan fingerprint density at radius 3 is 2.52 bits per heavy atom. The van der Waals surface area contributed by atoms with Crippen molar-refractivity contribution in [3.63, 3.8) is 0 Å². The second-order valence-electron chi connectivity index (χ2n) is 4.85. The monoisotopic (exact) mass is 307 g/mol. The third-order valence-electron chi connectivity index (χ3n) is 3.32. The van der Waals surface area contributed by atoms with Crippen LogP contribution in [0.5, 0.6) is 0 Å². The molecule has 0 aliphatic rings. The summed E-state index contributed by atoms with van der Waals surface area (Å²) in [6, 6.07) is 12.5. The van der Waals surface area contributed by atoms with Crippen molar-refractivity contribution in [2.24, 2.45) is 0 Å². The molecule has 2 rings (SSSR count). The number of hydrogen-bond donors (Lipinski definition) is 1. The van der Waals surface area contributed by atoms with E-state index < -0.39 is 11.6 Å². The van der Waals surface area contributed by atoms with Crippen LogP contribution in [-0.2, 0) is 0 Å². The SMILES string of the molecule is CCNC(CSc1ccc(F)c(F)c1)c1ccccc1C. The second kappa shape index (κ2) is 7.57. The molecule has 0 spiro atoms. The minimum Gasteiger partial charge on any atom is -0.309 e. The maximum Gasteiger partial charge on any atom is 0.159 e. The van der Waals surface area contributed by atoms with Gasteiger partial charge in [-0.15, -0.1) is 11.8 Å². The topological polar surface area (TPSA) is 12.0 Å². The van der Waals surface area contributed by atoms with Crippen LogP contribution in [0.15, 0.2) is 47.4 Å². The van der Waals surface area contributed by atoms with E-state index in [1.807, 2.05) is 12.1 Å². The van der Waals surface area contributed by atoms with Gasteiger partial charge in [0.25, 0.3) is 0 Å². The zero-order chi connectivity index (χ0) is 15.2. The first-order valence-electron chi connectivity index (χ1n) is 6.98. The van der Waals surface area contributed by atoms with E-state index in [0.29, 0.717) is 0 Å². The molecule has 0 aromatic heterocycles. The maximum absolute atomic E-state index is 13.2. The summed E-state index contributed by atoms with van der Waals surface area (Å²) in [4.78, 5) is 0.741. The summed E-state index contributed by atoms with van der Waals surface area (Å²) < 4.78 is 26.2. The van der Waals surface area contributed by atoms with Crippen LogP contribution in [0.25, 0.3) is 0 Å². The van der Waals surface area contributed by atoms with Crippen molar-refractivity contribution in [1.29, 1.82) is 0 Å². The Hall–Kier alpha value is -1.39. The highest BCUT2D eigenvalue weighted by atomic mass is 32.2. The fraction of sp³-hybridized carbons (Fsp3) is 0.294. The molecule has 4 heteroatoms. The van der Waals surface area contributed by atoms with Gasteiger partial charge in [-0.25, -0.2) is 8.78 Å². The lowest BCUT2D eigenvalue weighted by Gasteiger charge is -2.20. The van der Waals surface area contributed by atoms with Crippen LogP contribution in [0.4, 0.5) is 8.78 Å². The fourth-order valence-corrected chi connectivity index (χ4v) is 3.24. The first-order valence-corrected chi connectivity index (χ1v) is 7.97. The smallest absolute Gasteiger partial charge is 0.159 e. The van der Waals surface area contributed by atoms with Gasteiger partial charge in [-0.1, -0.05) is 31.2 Å². The van der Waals surface area contributed by atoms with E-state index in [1.54, 1.807) is 6.07 Å². The van der Waals surface area contributed by atoms with Crippen LogP contribution < -0.4 is 5.32 Å². The summed E-state index contributed by atoms with van der Waals surface area (Å²) in [5.74, 6) is -0.832. The molecule has 112 valence electrons. The highest BCUT2D eigenvalue weighted by Gasteiger charge is 2.13. The van der Waals surface area contributed by atoms with Crippen LogP contribution >= 0.6 is 11.8 Å². The van der Waals surface area contributed by atoms with Gasteiger partial charge < -0.3 is 5.32 Å². The van der Waals surface area contributed by atoms with Crippen LogP contribution in [0.1, 0.15) is 24.1 Å². The summed E-state index contributed by atoms with van der Waals surface area (Å²) in [5, 5.41) is 3.45. The number of halogens is 2. The Balaban J connectivity index is 2.10. The van der Waals surface area contributed by atoms with E-state index in [9.17, 15) is 8.78 Å². The van der Waals surface area contributed by atoms with E-state index in [4.69, 9.17) is 0 Å². The van der Waals surface area contributed by atoms with Gasteiger partial charge in [0.2, 0.25) is 0 Å². The second-order valence-corrected chi connectivity index (χ2v) is 5.95. The highest BCUT2D eigenvalue weighted by molar-refractivity contribution is 7.99. The van der Waals surface area contributed by atoms with Gasteiger partial charge in [0.05, 0.1) is 0 Å². The summed E-state index contributed by atoms with van der Waals surface area (Å²) in [7, 11) is 0. The normalized spacial score (nSPS) is 12.4. The van der Waals surface area contributed by atoms with Gasteiger partial charge in [0.15, 0.2) is 11.6 Å². The highest BCUT2D eigenvalue weighted by Crippen LogP contribution is 2.27. The molecule has 21 heavy (non-hydrogen) atoms. The molecule has 1 N–H and O–H groups in total. The van der Waals surface area contributed by atoms with Gasteiger partial charge >= 0.3 is 0 Å². The molecule has 1 nitrogen and oxygen atoms in total. The van der Waals surface area contributed by atoms with Gasteiger partial charge in [0, 0.05) is 16.7 Å². The van der Waals surface area contributed by atoms with Gasteiger partial charge in [-0.05, 0) is 42.8 Å². The lowest BCUT2D eigenvalue weighted by Crippen LogP contribution is -2.23. The largest absolute Gasteiger partial charge is 0.309 e. The first kappa shape index (κ1) is 16.0. The van der Waals surface area contributed by atoms with Crippen LogP contribution in [0, 0.1) is 18.6 Å². The number of aryl methyl sites for hydroxylation is 1. The van der Waals surface area contributed by atoms with Crippen LogP contribution in [0.3, 0.4) is 0 Å².